The molecule has 0 saturated carbocycles. The van der Waals surface area contributed by atoms with Crippen LogP contribution >= 0.6 is 0 Å². The summed E-state index contributed by atoms with van der Waals surface area (Å²) in [5.74, 6) is 0.0377. The first-order chi connectivity index (χ1) is 13.7. The normalized spacial score (nSPS) is 26.0. The standard InChI is InChI=1S/C22H30N4O2/c27-21(20-18-6-2-3-7-19(18)23-24-20)26-13-9-22(10-14-26)16-17(8-15-28-22)25-11-4-1-5-12-25/h2-3,6-7,17H,1,4-5,8-16H2,(H,23,24). The van der Waals surface area contributed by atoms with E-state index in [0.29, 0.717) is 11.7 Å². The number of amides is 1. The molecule has 2 aromatic rings. The predicted octanol–water partition coefficient (Wildman–Crippen LogP) is 3.20. The molecule has 1 N–H and O–H groups in total. The second kappa shape index (κ2) is 7.48. The van der Waals surface area contributed by atoms with Crippen molar-refractivity contribution in [2.45, 2.75) is 56.6 Å². The van der Waals surface area contributed by atoms with Crippen molar-refractivity contribution >= 4 is 16.8 Å². The van der Waals surface area contributed by atoms with Crippen LogP contribution in [-0.4, -0.2) is 70.3 Å². The van der Waals surface area contributed by atoms with Crippen LogP contribution in [0.3, 0.4) is 0 Å². The van der Waals surface area contributed by atoms with Gasteiger partial charge in [-0.3, -0.25) is 9.89 Å². The lowest BCUT2D eigenvalue weighted by molar-refractivity contribution is -0.131. The first kappa shape index (κ1) is 18.1. The van der Waals surface area contributed by atoms with Crippen LogP contribution < -0.4 is 0 Å². The van der Waals surface area contributed by atoms with Gasteiger partial charge in [-0.05, 0) is 57.7 Å². The Morgan fingerprint density at radius 1 is 1.11 bits per heavy atom. The Hall–Kier alpha value is -1.92. The van der Waals surface area contributed by atoms with Gasteiger partial charge in [0.1, 0.15) is 0 Å². The Bertz CT molecular complexity index is 834. The van der Waals surface area contributed by atoms with E-state index in [-0.39, 0.29) is 11.5 Å². The van der Waals surface area contributed by atoms with Crippen molar-refractivity contribution in [2.75, 3.05) is 32.8 Å². The number of aromatic nitrogens is 2. The minimum absolute atomic E-state index is 0.0369. The maximum absolute atomic E-state index is 13.1. The lowest BCUT2D eigenvalue weighted by Crippen LogP contribution is -2.55. The van der Waals surface area contributed by atoms with Crippen molar-refractivity contribution in [2.24, 2.45) is 0 Å². The van der Waals surface area contributed by atoms with Gasteiger partial charge in [0.05, 0.1) is 11.1 Å². The van der Waals surface area contributed by atoms with E-state index in [1.54, 1.807) is 0 Å². The molecule has 1 aromatic carbocycles. The molecule has 3 fully saturated rings. The number of nitrogens with zero attached hydrogens (tertiary/aromatic N) is 3. The maximum atomic E-state index is 13.1. The Balaban J connectivity index is 1.25. The largest absolute Gasteiger partial charge is 0.375 e. The zero-order chi connectivity index (χ0) is 19.0. The van der Waals surface area contributed by atoms with Crippen LogP contribution in [0.4, 0.5) is 0 Å². The van der Waals surface area contributed by atoms with Crippen molar-refractivity contribution in [1.29, 1.82) is 0 Å². The van der Waals surface area contributed by atoms with Gasteiger partial charge in [0, 0.05) is 31.1 Å². The summed E-state index contributed by atoms with van der Waals surface area (Å²) in [5, 5.41) is 8.18. The minimum atomic E-state index is -0.0369. The number of hydrogen-bond donors (Lipinski definition) is 1. The molecule has 150 valence electrons. The lowest BCUT2D eigenvalue weighted by atomic mass is 9.81. The third-order valence-corrected chi connectivity index (χ3v) is 7.01. The number of likely N-dealkylation sites (tertiary alicyclic amines) is 2. The molecule has 5 rings (SSSR count). The van der Waals surface area contributed by atoms with Crippen molar-refractivity contribution in [1.82, 2.24) is 20.0 Å². The van der Waals surface area contributed by atoms with E-state index < -0.39 is 0 Å². The Morgan fingerprint density at radius 2 is 1.89 bits per heavy atom. The van der Waals surface area contributed by atoms with Crippen molar-refractivity contribution in [3.63, 3.8) is 0 Å². The molecule has 6 heteroatoms. The molecule has 28 heavy (non-hydrogen) atoms. The highest BCUT2D eigenvalue weighted by atomic mass is 16.5. The molecule has 1 spiro atoms. The quantitative estimate of drug-likeness (QED) is 0.866. The number of H-pyrrole nitrogens is 1. The molecule has 0 bridgehead atoms. The Labute approximate surface area is 166 Å². The zero-order valence-corrected chi connectivity index (χ0v) is 16.5. The SMILES string of the molecule is O=C(c1n[nH]c2ccccc12)N1CCC2(CC1)CC(N1CCCCC1)CCO2. The summed E-state index contributed by atoms with van der Waals surface area (Å²) < 4.78 is 6.33. The van der Waals surface area contributed by atoms with E-state index in [4.69, 9.17) is 4.74 Å². The van der Waals surface area contributed by atoms with Crippen LogP contribution in [0.2, 0.25) is 0 Å². The highest BCUT2D eigenvalue weighted by Crippen LogP contribution is 2.37. The number of carbonyl (C=O) groups excluding carboxylic acids is 1. The topological polar surface area (TPSA) is 61.5 Å². The van der Waals surface area contributed by atoms with E-state index in [9.17, 15) is 4.79 Å². The molecule has 1 atom stereocenters. The number of hydrogen-bond acceptors (Lipinski definition) is 4. The molecule has 1 aromatic heterocycles. The van der Waals surface area contributed by atoms with Gasteiger partial charge in [-0.25, -0.2) is 0 Å². The van der Waals surface area contributed by atoms with Crippen LogP contribution in [0.1, 0.15) is 55.4 Å². The maximum Gasteiger partial charge on any atom is 0.274 e. The number of benzene rings is 1. The molecule has 3 aliphatic rings. The van der Waals surface area contributed by atoms with Crippen LogP contribution in [-0.2, 0) is 4.74 Å². The fourth-order valence-corrected chi connectivity index (χ4v) is 5.34. The average Bonchev–Trinajstić information content (AvgIpc) is 3.19. The van der Waals surface area contributed by atoms with E-state index >= 15 is 0 Å². The molecule has 0 aliphatic carbocycles. The smallest absolute Gasteiger partial charge is 0.274 e. The highest BCUT2D eigenvalue weighted by Gasteiger charge is 2.43. The number of nitrogens with one attached hydrogen (secondary N) is 1. The Morgan fingerprint density at radius 3 is 2.71 bits per heavy atom. The second-order valence-corrected chi connectivity index (χ2v) is 8.68. The van der Waals surface area contributed by atoms with Crippen molar-refractivity contribution < 1.29 is 9.53 Å². The molecule has 6 nitrogen and oxygen atoms in total. The molecule has 4 heterocycles. The van der Waals surface area contributed by atoms with Crippen LogP contribution in [0.25, 0.3) is 10.9 Å². The second-order valence-electron chi connectivity index (χ2n) is 8.68. The van der Waals surface area contributed by atoms with E-state index in [1.807, 2.05) is 29.2 Å². The predicted molar refractivity (Wildman–Crippen MR) is 108 cm³/mol. The summed E-state index contributed by atoms with van der Waals surface area (Å²) in [6.07, 6.45) is 8.21. The minimum Gasteiger partial charge on any atom is -0.375 e. The van der Waals surface area contributed by atoms with E-state index in [0.717, 1.165) is 56.3 Å². The fourth-order valence-electron chi connectivity index (χ4n) is 5.34. The molecular formula is C22H30N4O2. The summed E-state index contributed by atoms with van der Waals surface area (Å²) >= 11 is 0. The third-order valence-electron chi connectivity index (χ3n) is 7.01. The highest BCUT2D eigenvalue weighted by molar-refractivity contribution is 6.04. The first-order valence-corrected chi connectivity index (χ1v) is 10.8. The number of para-hydroxylation sites is 1. The fraction of sp³-hybridized carbons (Fsp3) is 0.636. The van der Waals surface area contributed by atoms with Gasteiger partial charge in [0.25, 0.3) is 5.91 Å². The van der Waals surface area contributed by atoms with Gasteiger partial charge in [0.2, 0.25) is 0 Å². The molecule has 3 saturated heterocycles. The third kappa shape index (κ3) is 3.33. The molecule has 1 unspecified atom stereocenters. The number of aromatic amines is 1. The first-order valence-electron chi connectivity index (χ1n) is 10.8. The van der Waals surface area contributed by atoms with Gasteiger partial charge in [-0.2, -0.15) is 5.10 Å². The van der Waals surface area contributed by atoms with Crippen LogP contribution in [0, 0.1) is 0 Å². The number of piperidine rings is 2. The van der Waals surface area contributed by atoms with E-state index in [1.165, 1.54) is 32.4 Å². The average molecular weight is 383 g/mol. The Kier molecular flexibility index (Phi) is 4.85. The summed E-state index contributed by atoms with van der Waals surface area (Å²) in [5.41, 5.74) is 1.42. The number of fused-ring (bicyclic) bond motifs is 1. The van der Waals surface area contributed by atoms with Gasteiger partial charge in [-0.1, -0.05) is 24.6 Å². The summed E-state index contributed by atoms with van der Waals surface area (Å²) in [6, 6.07) is 8.49. The lowest BCUT2D eigenvalue weighted by Gasteiger charge is -2.49. The van der Waals surface area contributed by atoms with Gasteiger partial charge in [0.15, 0.2) is 5.69 Å². The van der Waals surface area contributed by atoms with Gasteiger partial charge in [-0.15, -0.1) is 0 Å². The van der Waals surface area contributed by atoms with E-state index in [2.05, 4.69) is 15.1 Å². The van der Waals surface area contributed by atoms with Crippen LogP contribution in [0.5, 0.6) is 0 Å². The summed E-state index contributed by atoms with van der Waals surface area (Å²) in [7, 11) is 0. The molecule has 0 radical (unpaired) electrons. The number of rotatable bonds is 2. The summed E-state index contributed by atoms with van der Waals surface area (Å²) in [6.45, 7) is 4.87. The monoisotopic (exact) mass is 382 g/mol. The van der Waals surface area contributed by atoms with Gasteiger partial charge >= 0.3 is 0 Å². The zero-order valence-electron chi connectivity index (χ0n) is 16.5. The van der Waals surface area contributed by atoms with Crippen molar-refractivity contribution in [3.8, 4) is 0 Å². The van der Waals surface area contributed by atoms with Crippen molar-refractivity contribution in [3.05, 3.63) is 30.0 Å². The molecular weight excluding hydrogens is 352 g/mol. The molecule has 3 aliphatic heterocycles. The number of ether oxygens (including phenoxy) is 1. The van der Waals surface area contributed by atoms with Gasteiger partial charge < -0.3 is 14.5 Å². The number of carbonyl (C=O) groups is 1. The van der Waals surface area contributed by atoms with Crippen LogP contribution in [0.15, 0.2) is 24.3 Å². The molecule has 1 amide bonds. The summed E-state index contributed by atoms with van der Waals surface area (Å²) in [4.78, 5) is 17.7.